The van der Waals surface area contributed by atoms with Crippen LogP contribution >= 0.6 is 0 Å². The lowest BCUT2D eigenvalue weighted by Crippen LogP contribution is -2.63. The first-order valence-corrected chi connectivity index (χ1v) is 17.2. The molecule has 1 N–H and O–H groups in total. The van der Waals surface area contributed by atoms with Crippen molar-refractivity contribution in [3.8, 4) is 0 Å². The highest BCUT2D eigenvalue weighted by atomic mass is 32.2. The Kier molecular flexibility index (Phi) is 5.73. The van der Waals surface area contributed by atoms with Gasteiger partial charge in [-0.05, 0) is 65.7 Å². The predicted octanol–water partition coefficient (Wildman–Crippen LogP) is 3.77. The average Bonchev–Trinajstić information content (AvgIpc) is 3.63. The Hall–Kier alpha value is -3.70. The molecule has 11 heteroatoms. The van der Waals surface area contributed by atoms with E-state index in [0.717, 1.165) is 10.7 Å². The maximum absolute atomic E-state index is 14.5. The van der Waals surface area contributed by atoms with Crippen molar-refractivity contribution in [2.24, 2.45) is 28.6 Å². The van der Waals surface area contributed by atoms with Crippen LogP contribution in [0.15, 0.2) is 60.2 Å². The minimum Gasteiger partial charge on any atom is -0.388 e. The monoisotopic (exact) mass is 630 g/mol. The number of Topliss-reactive ketones (excluding diaryl/α,β-unsaturated/α-hetero) is 2. The summed E-state index contributed by atoms with van der Waals surface area (Å²) in [5.41, 5.74) is -1.32. The predicted molar refractivity (Wildman–Crippen MR) is 162 cm³/mol. The summed E-state index contributed by atoms with van der Waals surface area (Å²) in [6.07, 6.45) is 0.255. The lowest BCUT2D eigenvalue weighted by atomic mass is 9.56. The van der Waals surface area contributed by atoms with Crippen molar-refractivity contribution in [2.75, 3.05) is 5.75 Å². The van der Waals surface area contributed by atoms with Crippen LogP contribution < -0.4 is 0 Å². The number of aliphatic hydroxyl groups excluding tert-OH is 1. The highest BCUT2D eigenvalue weighted by Crippen LogP contribution is 2.70. The van der Waals surface area contributed by atoms with Crippen molar-refractivity contribution in [2.45, 2.75) is 69.6 Å². The smallest absolute Gasteiger partial charge is 0.300 e. The topological polar surface area (TPSA) is 152 Å². The van der Waals surface area contributed by atoms with Crippen molar-refractivity contribution in [1.82, 2.24) is 4.31 Å². The number of amides is 1. The summed E-state index contributed by atoms with van der Waals surface area (Å²) in [4.78, 5) is 54.6. The average molecular weight is 631 g/mol. The van der Waals surface area contributed by atoms with E-state index < -0.39 is 73.3 Å². The zero-order valence-electron chi connectivity index (χ0n) is 25.0. The first-order valence-electron chi connectivity index (χ1n) is 15.6. The molecule has 10 nitrogen and oxygen atoms in total. The molecule has 5 aliphatic carbocycles. The number of nitrogens with zero attached hydrogens (tertiary/aromatic N) is 2. The van der Waals surface area contributed by atoms with Crippen LogP contribution in [-0.2, 0) is 19.6 Å². The van der Waals surface area contributed by atoms with Gasteiger partial charge in [0.2, 0.25) is 21.7 Å². The van der Waals surface area contributed by atoms with Gasteiger partial charge in [0.1, 0.15) is 0 Å². The molecule has 45 heavy (non-hydrogen) atoms. The standard InChI is InChI=1S/C34H34N2O8S/c1-32(2)19-12-13-33(32)17-45(43,44)35(26(33)14-19)31(40)23-16-25-27(28(23)37)22(18-8-4-3-5-9-18)15-24-20-10-6-7-11-21(20)29(38)30(39)34(24,25)36(41)42/h3-11,19,23-26,28,37H,12-17H2,1-2H3/t19?,23-,24-,25-,26?,28-,33-,34-/m1/s1. The van der Waals surface area contributed by atoms with Gasteiger partial charge < -0.3 is 5.11 Å². The molecule has 3 saturated carbocycles. The van der Waals surface area contributed by atoms with E-state index in [0.29, 0.717) is 29.5 Å². The van der Waals surface area contributed by atoms with Crippen LogP contribution in [0.3, 0.4) is 0 Å². The summed E-state index contributed by atoms with van der Waals surface area (Å²) >= 11 is 0. The second kappa shape index (κ2) is 8.97. The summed E-state index contributed by atoms with van der Waals surface area (Å²) in [7, 11) is -4.03. The Bertz CT molecular complexity index is 1870. The third kappa shape index (κ3) is 3.28. The lowest BCUT2D eigenvalue weighted by molar-refractivity contribution is -0.565. The SMILES string of the molecule is CC1(C)C2CC[C@]13CS(=O)(=O)N(C(=O)[C@@H]1C[C@@H]4C(=C(c5ccccc5)C[C@@H]5c6ccccc6C(=O)C(=O)[C@]45[N+](=O)[O-])[C@@H]1O)C3C2. The Balaban J connectivity index is 1.30. The highest BCUT2D eigenvalue weighted by molar-refractivity contribution is 7.90. The van der Waals surface area contributed by atoms with Crippen molar-refractivity contribution in [1.29, 1.82) is 0 Å². The molecule has 1 amide bonds. The van der Waals surface area contributed by atoms with Crippen LogP contribution in [0, 0.1) is 38.7 Å². The molecule has 1 spiro atoms. The lowest BCUT2D eigenvalue weighted by Gasteiger charge is -2.44. The third-order valence-electron chi connectivity index (χ3n) is 12.9. The van der Waals surface area contributed by atoms with Crippen molar-refractivity contribution in [3.63, 3.8) is 0 Å². The van der Waals surface area contributed by atoms with E-state index in [4.69, 9.17) is 0 Å². The summed E-state index contributed by atoms with van der Waals surface area (Å²) in [6, 6.07) is 14.9. The van der Waals surface area contributed by atoms with Gasteiger partial charge in [-0.3, -0.25) is 24.5 Å². The van der Waals surface area contributed by atoms with Gasteiger partial charge in [-0.15, -0.1) is 0 Å². The van der Waals surface area contributed by atoms with Gasteiger partial charge in [-0.1, -0.05) is 68.4 Å². The molecule has 1 heterocycles. The van der Waals surface area contributed by atoms with Crippen molar-refractivity contribution < 1.29 is 32.8 Å². The fourth-order valence-corrected chi connectivity index (χ4v) is 13.3. The van der Waals surface area contributed by atoms with Crippen molar-refractivity contribution in [3.05, 3.63) is 87.0 Å². The Morgan fingerprint density at radius 2 is 1.71 bits per heavy atom. The van der Waals surface area contributed by atoms with Gasteiger partial charge in [-0.2, -0.15) is 0 Å². The summed E-state index contributed by atoms with van der Waals surface area (Å²) in [5.74, 6) is -6.41. The third-order valence-corrected chi connectivity index (χ3v) is 14.8. The second-order valence-corrected chi connectivity index (χ2v) is 16.3. The number of rotatable bonds is 3. The van der Waals surface area contributed by atoms with Gasteiger partial charge in [0.05, 0.1) is 35.7 Å². The number of nitro groups is 1. The molecule has 2 bridgehead atoms. The summed E-state index contributed by atoms with van der Waals surface area (Å²) in [5, 5.41) is 25.3. The zero-order valence-corrected chi connectivity index (χ0v) is 25.8. The fourth-order valence-electron chi connectivity index (χ4n) is 10.7. The number of hydrogen-bond donors (Lipinski definition) is 1. The molecule has 8 rings (SSSR count). The van der Waals surface area contributed by atoms with Crippen LogP contribution in [0.25, 0.3) is 5.57 Å². The van der Waals surface area contributed by atoms with Crippen LogP contribution in [0.1, 0.15) is 73.4 Å². The Morgan fingerprint density at radius 1 is 1.02 bits per heavy atom. The fraction of sp³-hybridized carbons (Fsp3) is 0.500. The molecule has 0 aromatic heterocycles. The number of fused-ring (bicyclic) bond motifs is 6. The highest BCUT2D eigenvalue weighted by Gasteiger charge is 2.75. The summed E-state index contributed by atoms with van der Waals surface area (Å²) in [6.45, 7) is 4.16. The van der Waals surface area contributed by atoms with E-state index in [1.54, 1.807) is 30.3 Å². The maximum Gasteiger partial charge on any atom is 0.300 e. The molecule has 0 radical (unpaired) electrons. The van der Waals surface area contributed by atoms with Gasteiger partial charge in [0, 0.05) is 15.9 Å². The first-order chi connectivity index (χ1) is 21.3. The number of sulfonamides is 1. The van der Waals surface area contributed by atoms with Crippen LogP contribution in [0.4, 0.5) is 0 Å². The quantitative estimate of drug-likeness (QED) is 0.306. The van der Waals surface area contributed by atoms with E-state index in [-0.39, 0.29) is 41.1 Å². The molecule has 1 saturated heterocycles. The van der Waals surface area contributed by atoms with Gasteiger partial charge in [0.25, 0.3) is 5.78 Å². The number of carbonyl (C=O) groups excluding carboxylic acids is 3. The maximum atomic E-state index is 14.5. The minimum atomic E-state index is -4.03. The molecule has 4 fully saturated rings. The van der Waals surface area contributed by atoms with E-state index in [2.05, 4.69) is 13.8 Å². The molecule has 1 aliphatic heterocycles. The molecular weight excluding hydrogens is 596 g/mol. The van der Waals surface area contributed by atoms with Crippen LogP contribution in [0.2, 0.25) is 0 Å². The molecule has 6 aliphatic rings. The summed E-state index contributed by atoms with van der Waals surface area (Å²) < 4.78 is 28.6. The number of hydrogen-bond acceptors (Lipinski definition) is 8. The van der Waals surface area contributed by atoms with Crippen molar-refractivity contribution >= 4 is 33.1 Å². The van der Waals surface area contributed by atoms with Gasteiger partial charge in [0.15, 0.2) is 0 Å². The Morgan fingerprint density at radius 3 is 2.40 bits per heavy atom. The minimum absolute atomic E-state index is 0.00551. The number of allylic oxidation sites excluding steroid dienone is 1. The molecule has 2 aromatic rings. The Labute approximate surface area is 260 Å². The van der Waals surface area contributed by atoms with E-state index in [1.165, 1.54) is 6.07 Å². The molecule has 234 valence electrons. The van der Waals surface area contributed by atoms with E-state index in [9.17, 15) is 38.0 Å². The molecule has 2 unspecified atom stereocenters. The van der Waals surface area contributed by atoms with E-state index >= 15 is 0 Å². The molecule has 8 atom stereocenters. The molecule has 2 aromatic carbocycles. The largest absolute Gasteiger partial charge is 0.388 e. The molecular formula is C34H34N2O8S. The first kappa shape index (κ1) is 28.8. The second-order valence-electron chi connectivity index (χ2n) is 14.5. The normalized spacial score (nSPS) is 38.5. The number of ketones is 2. The number of aliphatic hydroxyl groups is 1. The van der Waals surface area contributed by atoms with Crippen LogP contribution in [-0.4, -0.2) is 63.7 Å². The van der Waals surface area contributed by atoms with Gasteiger partial charge in [-0.25, -0.2) is 12.7 Å². The van der Waals surface area contributed by atoms with E-state index in [1.807, 2.05) is 18.2 Å². The van der Waals surface area contributed by atoms with Crippen LogP contribution in [0.5, 0.6) is 0 Å². The number of carbonyl (C=O) groups is 3. The number of benzene rings is 2. The zero-order chi connectivity index (χ0) is 31.8. The van der Waals surface area contributed by atoms with Gasteiger partial charge >= 0.3 is 5.54 Å².